The summed E-state index contributed by atoms with van der Waals surface area (Å²) in [5.41, 5.74) is -0.678. The van der Waals surface area contributed by atoms with Crippen molar-refractivity contribution >= 4 is 69.9 Å². The number of rotatable bonds is 6. The number of esters is 1. The van der Waals surface area contributed by atoms with E-state index in [-0.39, 0.29) is 55.0 Å². The van der Waals surface area contributed by atoms with Crippen molar-refractivity contribution in [2.45, 2.75) is 26.3 Å². The second kappa shape index (κ2) is 9.23. The molecule has 8 nitrogen and oxygen atoms in total. The van der Waals surface area contributed by atoms with Crippen LogP contribution in [0.3, 0.4) is 0 Å². The Bertz CT molecular complexity index is 1100. The Kier molecular flexibility index (Phi) is 7.00. The fraction of sp³-hybridized carbons (Fsp3) is 0.250. The minimum Gasteiger partial charge on any atom is -0.425 e. The summed E-state index contributed by atoms with van der Waals surface area (Å²) in [7, 11) is 0. The maximum absolute atomic E-state index is 13.1. The summed E-state index contributed by atoms with van der Waals surface area (Å²) in [5.74, 6) is -2.74. The predicted octanol–water partition coefficient (Wildman–Crippen LogP) is 5.82. The molecule has 2 aromatic carbocycles. The molecule has 168 valence electrons. The van der Waals surface area contributed by atoms with Crippen LogP contribution in [0.4, 0.5) is 5.69 Å². The molecular formula is C20H14Cl4N2O6. The molecule has 0 spiro atoms. The van der Waals surface area contributed by atoms with Gasteiger partial charge in [0, 0.05) is 12.1 Å². The van der Waals surface area contributed by atoms with Crippen molar-refractivity contribution in [3.63, 3.8) is 0 Å². The zero-order valence-electron chi connectivity index (χ0n) is 16.5. The van der Waals surface area contributed by atoms with E-state index in [2.05, 4.69) is 0 Å². The number of hydrogen-bond donors (Lipinski definition) is 0. The second-order valence-corrected chi connectivity index (χ2v) is 8.82. The first-order valence-corrected chi connectivity index (χ1v) is 10.7. The summed E-state index contributed by atoms with van der Waals surface area (Å²) < 4.78 is 5.30. The van der Waals surface area contributed by atoms with Crippen molar-refractivity contribution in [2.75, 3.05) is 0 Å². The number of fused-ring (bicyclic) bond motifs is 1. The van der Waals surface area contributed by atoms with Gasteiger partial charge in [0.1, 0.15) is 11.8 Å². The van der Waals surface area contributed by atoms with Crippen LogP contribution in [0.1, 0.15) is 41.0 Å². The molecule has 32 heavy (non-hydrogen) atoms. The number of nitro benzene ring substituents is 1. The quantitative estimate of drug-likeness (QED) is 0.0904. The topological polar surface area (TPSA) is 107 Å². The van der Waals surface area contributed by atoms with Crippen molar-refractivity contribution in [3.05, 3.63) is 65.6 Å². The number of imide groups is 1. The summed E-state index contributed by atoms with van der Waals surface area (Å²) in [6.45, 7) is 3.58. The summed E-state index contributed by atoms with van der Waals surface area (Å²) in [5, 5.41) is 9.93. The van der Waals surface area contributed by atoms with Crippen LogP contribution in [0.5, 0.6) is 5.75 Å². The normalized spacial score (nSPS) is 14.0. The Morgan fingerprint density at radius 1 is 0.969 bits per heavy atom. The molecule has 1 heterocycles. The van der Waals surface area contributed by atoms with Gasteiger partial charge >= 0.3 is 5.97 Å². The third kappa shape index (κ3) is 4.28. The molecule has 1 aliphatic rings. The summed E-state index contributed by atoms with van der Waals surface area (Å²) >= 11 is 24.4. The Balaban J connectivity index is 1.98. The fourth-order valence-corrected chi connectivity index (χ4v) is 4.24. The molecule has 2 aromatic rings. The van der Waals surface area contributed by atoms with Crippen LogP contribution in [0.2, 0.25) is 20.1 Å². The average molecular weight is 520 g/mol. The first kappa shape index (κ1) is 24.3. The SMILES string of the molecule is CC(C)CC(C(=O)Oc1ccc([N+](=O)[O-])cc1)N1C(=O)c2c(Cl)c(Cl)c(Cl)c(Cl)c2C1=O. The summed E-state index contributed by atoms with van der Waals surface area (Å²) in [4.78, 5) is 50.1. The molecule has 0 saturated carbocycles. The van der Waals surface area contributed by atoms with E-state index in [0.717, 1.165) is 17.0 Å². The molecule has 0 fully saturated rings. The third-order valence-electron chi connectivity index (χ3n) is 4.68. The fourth-order valence-electron chi connectivity index (χ4n) is 3.22. The lowest BCUT2D eigenvalue weighted by Crippen LogP contribution is -2.47. The second-order valence-electron chi connectivity index (χ2n) is 7.30. The van der Waals surface area contributed by atoms with Gasteiger partial charge in [-0.25, -0.2) is 4.79 Å². The van der Waals surface area contributed by atoms with Gasteiger partial charge < -0.3 is 4.74 Å². The van der Waals surface area contributed by atoms with E-state index in [9.17, 15) is 24.5 Å². The molecule has 0 aliphatic carbocycles. The number of ether oxygens (including phenoxy) is 1. The number of carbonyl (C=O) groups excluding carboxylic acids is 3. The Morgan fingerprint density at radius 2 is 1.44 bits per heavy atom. The zero-order chi connectivity index (χ0) is 23.9. The highest BCUT2D eigenvalue weighted by Crippen LogP contribution is 2.45. The van der Waals surface area contributed by atoms with Crippen LogP contribution >= 0.6 is 46.4 Å². The molecule has 0 radical (unpaired) electrons. The summed E-state index contributed by atoms with van der Waals surface area (Å²) in [6, 6.07) is 3.47. The molecule has 0 bridgehead atoms. The molecule has 1 aliphatic heterocycles. The largest absolute Gasteiger partial charge is 0.425 e. The van der Waals surface area contributed by atoms with Crippen LogP contribution in [-0.4, -0.2) is 33.6 Å². The molecule has 3 rings (SSSR count). The highest BCUT2D eigenvalue weighted by Gasteiger charge is 2.47. The average Bonchev–Trinajstić information content (AvgIpc) is 2.99. The van der Waals surface area contributed by atoms with Crippen LogP contribution < -0.4 is 4.74 Å². The lowest BCUT2D eigenvalue weighted by Gasteiger charge is -2.25. The van der Waals surface area contributed by atoms with Crippen molar-refractivity contribution in [3.8, 4) is 5.75 Å². The van der Waals surface area contributed by atoms with Gasteiger partial charge in [-0.2, -0.15) is 0 Å². The van der Waals surface area contributed by atoms with Gasteiger partial charge in [0.2, 0.25) is 0 Å². The van der Waals surface area contributed by atoms with Gasteiger partial charge in [-0.3, -0.25) is 24.6 Å². The number of halogens is 4. The highest BCUT2D eigenvalue weighted by atomic mass is 35.5. The number of nitrogens with zero attached hydrogens (tertiary/aromatic N) is 2. The molecule has 2 amide bonds. The zero-order valence-corrected chi connectivity index (χ0v) is 19.6. The molecule has 1 atom stereocenters. The standard InChI is InChI=1S/C20H14Cl4N2O6/c1-8(2)7-11(20(29)32-10-5-3-9(4-6-10)26(30)31)25-18(27)12-13(19(25)28)15(22)17(24)16(23)14(12)21/h3-6,8,11H,7H2,1-2H3. The summed E-state index contributed by atoms with van der Waals surface area (Å²) in [6.07, 6.45) is 0.0774. The van der Waals surface area contributed by atoms with Gasteiger partial charge in [0.05, 0.1) is 36.1 Å². The lowest BCUT2D eigenvalue weighted by atomic mass is 10.0. The first-order valence-electron chi connectivity index (χ1n) is 9.15. The van der Waals surface area contributed by atoms with E-state index in [1.807, 2.05) is 0 Å². The molecule has 12 heteroatoms. The number of hydrogen-bond acceptors (Lipinski definition) is 6. The van der Waals surface area contributed by atoms with E-state index in [4.69, 9.17) is 51.1 Å². The number of nitro groups is 1. The van der Waals surface area contributed by atoms with E-state index in [1.54, 1.807) is 13.8 Å². The van der Waals surface area contributed by atoms with Gasteiger partial charge in [-0.05, 0) is 24.5 Å². The maximum atomic E-state index is 13.1. The monoisotopic (exact) mass is 518 g/mol. The van der Waals surface area contributed by atoms with Crippen molar-refractivity contribution in [1.29, 1.82) is 0 Å². The Labute approximate surface area is 202 Å². The maximum Gasteiger partial charge on any atom is 0.334 e. The van der Waals surface area contributed by atoms with Crippen molar-refractivity contribution in [2.24, 2.45) is 5.92 Å². The van der Waals surface area contributed by atoms with Crippen LogP contribution in [0.15, 0.2) is 24.3 Å². The molecule has 1 unspecified atom stereocenters. The lowest BCUT2D eigenvalue weighted by molar-refractivity contribution is -0.384. The number of non-ortho nitro benzene ring substituents is 1. The molecule has 0 N–H and O–H groups in total. The predicted molar refractivity (Wildman–Crippen MR) is 119 cm³/mol. The van der Waals surface area contributed by atoms with Gasteiger partial charge in [-0.1, -0.05) is 60.3 Å². The third-order valence-corrected chi connectivity index (χ3v) is 6.48. The minimum atomic E-state index is -1.32. The Morgan fingerprint density at radius 3 is 1.84 bits per heavy atom. The number of carbonyl (C=O) groups is 3. The van der Waals surface area contributed by atoms with E-state index < -0.39 is 28.7 Å². The minimum absolute atomic E-state index is 0.00752. The number of amides is 2. The smallest absolute Gasteiger partial charge is 0.334 e. The first-order chi connectivity index (χ1) is 15.0. The molecular weight excluding hydrogens is 506 g/mol. The molecule has 0 aromatic heterocycles. The number of benzene rings is 2. The molecule has 0 saturated heterocycles. The van der Waals surface area contributed by atoms with Crippen LogP contribution in [0, 0.1) is 16.0 Å². The van der Waals surface area contributed by atoms with Gasteiger partial charge in [-0.15, -0.1) is 0 Å². The van der Waals surface area contributed by atoms with Crippen LogP contribution in [-0.2, 0) is 4.79 Å². The van der Waals surface area contributed by atoms with Crippen molar-refractivity contribution in [1.82, 2.24) is 4.90 Å². The Hall–Kier alpha value is -2.39. The van der Waals surface area contributed by atoms with Gasteiger partial charge in [0.25, 0.3) is 17.5 Å². The van der Waals surface area contributed by atoms with E-state index >= 15 is 0 Å². The van der Waals surface area contributed by atoms with Crippen LogP contribution in [0.25, 0.3) is 0 Å². The van der Waals surface area contributed by atoms with Crippen molar-refractivity contribution < 1.29 is 24.0 Å². The highest BCUT2D eigenvalue weighted by molar-refractivity contribution is 6.55. The van der Waals surface area contributed by atoms with E-state index in [0.29, 0.717) is 0 Å². The van der Waals surface area contributed by atoms with Gasteiger partial charge in [0.15, 0.2) is 0 Å². The van der Waals surface area contributed by atoms with E-state index in [1.165, 1.54) is 12.1 Å².